The number of benzene rings is 1. The summed E-state index contributed by atoms with van der Waals surface area (Å²) in [5, 5.41) is 20.6. The fourth-order valence-electron chi connectivity index (χ4n) is 1.48. The van der Waals surface area contributed by atoms with Crippen LogP contribution in [0.3, 0.4) is 0 Å². The van der Waals surface area contributed by atoms with Crippen molar-refractivity contribution in [2.45, 2.75) is 25.2 Å². The topological polar surface area (TPSA) is 52.5 Å². The van der Waals surface area contributed by atoms with Gasteiger partial charge in [-0.15, -0.1) is 0 Å². The smallest absolute Gasteiger partial charge is 0.394 e. The predicted octanol–water partition coefficient (Wildman–Crippen LogP) is 1.71. The second-order valence-electron chi connectivity index (χ2n) is 4.09. The maximum Gasteiger partial charge on any atom is 0.416 e. The molecule has 0 saturated heterocycles. The second-order valence-corrected chi connectivity index (χ2v) is 4.09. The standard InChI is InChI=1S/C12H16F3NO2/c1-8(16-6-11(18)7-17)9-3-2-4-10(5-9)12(13,14)15/h2-5,8,11,16-18H,6-7H2,1H3/t8-,11+/m1/s1. The first-order valence-corrected chi connectivity index (χ1v) is 5.54. The molecule has 0 radical (unpaired) electrons. The Labute approximate surface area is 103 Å². The lowest BCUT2D eigenvalue weighted by molar-refractivity contribution is -0.137. The molecule has 0 bridgehead atoms. The van der Waals surface area contributed by atoms with Crippen molar-refractivity contribution in [2.75, 3.05) is 13.2 Å². The van der Waals surface area contributed by atoms with Gasteiger partial charge in [0.15, 0.2) is 0 Å². The molecule has 0 saturated carbocycles. The van der Waals surface area contributed by atoms with Gasteiger partial charge in [0.25, 0.3) is 0 Å². The molecule has 0 aliphatic carbocycles. The van der Waals surface area contributed by atoms with Crippen LogP contribution in [0.5, 0.6) is 0 Å². The van der Waals surface area contributed by atoms with Crippen LogP contribution in [0, 0.1) is 0 Å². The Morgan fingerprint density at radius 3 is 2.56 bits per heavy atom. The molecule has 0 heterocycles. The number of hydrogen-bond acceptors (Lipinski definition) is 3. The van der Waals surface area contributed by atoms with E-state index in [4.69, 9.17) is 10.2 Å². The van der Waals surface area contributed by atoms with Crippen molar-refractivity contribution in [3.05, 3.63) is 35.4 Å². The van der Waals surface area contributed by atoms with Crippen molar-refractivity contribution in [3.63, 3.8) is 0 Å². The summed E-state index contributed by atoms with van der Waals surface area (Å²) < 4.78 is 37.5. The van der Waals surface area contributed by atoms with Gasteiger partial charge in [-0.05, 0) is 24.6 Å². The third-order valence-corrected chi connectivity index (χ3v) is 2.58. The van der Waals surface area contributed by atoms with Gasteiger partial charge in [-0.25, -0.2) is 0 Å². The molecule has 1 rings (SSSR count). The van der Waals surface area contributed by atoms with Gasteiger partial charge in [0.05, 0.1) is 18.3 Å². The lowest BCUT2D eigenvalue weighted by Gasteiger charge is -2.17. The highest BCUT2D eigenvalue weighted by molar-refractivity contribution is 5.27. The Morgan fingerprint density at radius 2 is 2.00 bits per heavy atom. The first kappa shape index (κ1) is 14.9. The lowest BCUT2D eigenvalue weighted by atomic mass is 10.0. The zero-order valence-electron chi connectivity index (χ0n) is 9.91. The Hall–Kier alpha value is -1.11. The van der Waals surface area contributed by atoms with E-state index in [1.807, 2.05) is 0 Å². The van der Waals surface area contributed by atoms with Crippen LogP contribution in [0.4, 0.5) is 13.2 Å². The van der Waals surface area contributed by atoms with Crippen LogP contribution in [0.25, 0.3) is 0 Å². The van der Waals surface area contributed by atoms with Crippen molar-refractivity contribution in [2.24, 2.45) is 0 Å². The molecule has 0 aliphatic heterocycles. The molecule has 0 spiro atoms. The molecule has 0 fully saturated rings. The van der Waals surface area contributed by atoms with Crippen molar-refractivity contribution in [1.82, 2.24) is 5.32 Å². The van der Waals surface area contributed by atoms with Gasteiger partial charge in [-0.3, -0.25) is 0 Å². The minimum atomic E-state index is -4.36. The monoisotopic (exact) mass is 263 g/mol. The minimum Gasteiger partial charge on any atom is -0.394 e. The van der Waals surface area contributed by atoms with Gasteiger partial charge in [0.2, 0.25) is 0 Å². The van der Waals surface area contributed by atoms with Crippen molar-refractivity contribution in [1.29, 1.82) is 0 Å². The Balaban J connectivity index is 2.71. The van der Waals surface area contributed by atoms with Crippen LogP contribution >= 0.6 is 0 Å². The summed E-state index contributed by atoms with van der Waals surface area (Å²) in [5.74, 6) is 0. The molecule has 0 unspecified atom stereocenters. The van der Waals surface area contributed by atoms with E-state index in [0.29, 0.717) is 5.56 Å². The van der Waals surface area contributed by atoms with E-state index < -0.39 is 17.8 Å². The molecule has 3 nitrogen and oxygen atoms in total. The fourth-order valence-corrected chi connectivity index (χ4v) is 1.48. The average Bonchev–Trinajstić information content (AvgIpc) is 2.34. The van der Waals surface area contributed by atoms with Crippen LogP contribution in [-0.4, -0.2) is 29.5 Å². The maximum atomic E-state index is 12.5. The third-order valence-electron chi connectivity index (χ3n) is 2.58. The van der Waals surface area contributed by atoms with E-state index in [-0.39, 0.29) is 19.2 Å². The number of nitrogens with one attached hydrogen (secondary N) is 1. The molecule has 2 atom stereocenters. The van der Waals surface area contributed by atoms with E-state index >= 15 is 0 Å². The number of hydrogen-bond donors (Lipinski definition) is 3. The number of alkyl halides is 3. The Morgan fingerprint density at radius 1 is 1.33 bits per heavy atom. The normalized spacial score (nSPS) is 15.4. The molecule has 3 N–H and O–H groups in total. The molecule has 102 valence electrons. The highest BCUT2D eigenvalue weighted by Gasteiger charge is 2.30. The lowest BCUT2D eigenvalue weighted by Crippen LogP contribution is -2.31. The van der Waals surface area contributed by atoms with E-state index in [9.17, 15) is 13.2 Å². The van der Waals surface area contributed by atoms with Gasteiger partial charge in [-0.2, -0.15) is 13.2 Å². The summed E-state index contributed by atoms with van der Waals surface area (Å²) in [6.07, 6.45) is -5.28. The van der Waals surface area contributed by atoms with Crippen LogP contribution in [0.1, 0.15) is 24.1 Å². The van der Waals surface area contributed by atoms with Crippen LogP contribution in [-0.2, 0) is 6.18 Å². The highest BCUT2D eigenvalue weighted by atomic mass is 19.4. The summed E-state index contributed by atoms with van der Waals surface area (Å²) in [6, 6.07) is 4.67. The molecular weight excluding hydrogens is 247 g/mol. The molecule has 6 heteroatoms. The predicted molar refractivity (Wildman–Crippen MR) is 61.0 cm³/mol. The van der Waals surface area contributed by atoms with Gasteiger partial charge in [0.1, 0.15) is 0 Å². The molecule has 0 aliphatic rings. The number of aliphatic hydroxyl groups is 2. The fraction of sp³-hybridized carbons (Fsp3) is 0.500. The van der Waals surface area contributed by atoms with Crippen molar-refractivity contribution >= 4 is 0 Å². The van der Waals surface area contributed by atoms with Gasteiger partial charge < -0.3 is 15.5 Å². The average molecular weight is 263 g/mol. The summed E-state index contributed by atoms with van der Waals surface area (Å²) in [7, 11) is 0. The van der Waals surface area contributed by atoms with Crippen molar-refractivity contribution < 1.29 is 23.4 Å². The molecular formula is C12H16F3NO2. The molecule has 1 aromatic rings. The zero-order valence-corrected chi connectivity index (χ0v) is 9.91. The summed E-state index contributed by atoms with van der Waals surface area (Å²) in [6.45, 7) is 1.43. The largest absolute Gasteiger partial charge is 0.416 e. The van der Waals surface area contributed by atoms with Crippen LogP contribution in [0.2, 0.25) is 0 Å². The van der Waals surface area contributed by atoms with Crippen LogP contribution in [0.15, 0.2) is 24.3 Å². The van der Waals surface area contributed by atoms with Gasteiger partial charge >= 0.3 is 6.18 Å². The van der Waals surface area contributed by atoms with Gasteiger partial charge in [-0.1, -0.05) is 12.1 Å². The maximum absolute atomic E-state index is 12.5. The zero-order chi connectivity index (χ0) is 13.8. The summed E-state index contributed by atoms with van der Waals surface area (Å²) in [5.41, 5.74) is -0.216. The van der Waals surface area contributed by atoms with Gasteiger partial charge in [0, 0.05) is 12.6 Å². The van der Waals surface area contributed by atoms with Crippen molar-refractivity contribution in [3.8, 4) is 0 Å². The number of rotatable bonds is 5. The second kappa shape index (κ2) is 6.17. The highest BCUT2D eigenvalue weighted by Crippen LogP contribution is 2.30. The minimum absolute atomic E-state index is 0.119. The third kappa shape index (κ3) is 4.29. The van der Waals surface area contributed by atoms with E-state index in [1.165, 1.54) is 6.07 Å². The number of aliphatic hydroxyl groups excluding tert-OH is 2. The first-order valence-electron chi connectivity index (χ1n) is 5.54. The summed E-state index contributed by atoms with van der Waals surface area (Å²) in [4.78, 5) is 0. The Bertz CT molecular complexity index is 382. The van der Waals surface area contributed by atoms with E-state index in [0.717, 1.165) is 12.1 Å². The molecule has 0 amide bonds. The first-order chi connectivity index (χ1) is 8.34. The van der Waals surface area contributed by atoms with E-state index in [2.05, 4.69) is 5.32 Å². The number of halogens is 3. The SMILES string of the molecule is C[C@@H](NC[C@H](O)CO)c1cccc(C(F)(F)F)c1. The Kier molecular flexibility index (Phi) is 5.13. The molecule has 0 aromatic heterocycles. The quantitative estimate of drug-likeness (QED) is 0.758. The van der Waals surface area contributed by atoms with Crippen LogP contribution < -0.4 is 5.32 Å². The molecule has 1 aromatic carbocycles. The molecule has 18 heavy (non-hydrogen) atoms. The summed E-state index contributed by atoms with van der Waals surface area (Å²) >= 11 is 0. The van der Waals surface area contributed by atoms with E-state index in [1.54, 1.807) is 13.0 Å².